The van der Waals surface area contributed by atoms with E-state index >= 15 is 0 Å². The van der Waals surface area contributed by atoms with Crippen LogP contribution in [0.1, 0.15) is 5.56 Å². The molecule has 0 radical (unpaired) electrons. The number of benzene rings is 1. The van der Waals surface area contributed by atoms with Crippen LogP contribution in [0, 0.1) is 11.3 Å². The van der Waals surface area contributed by atoms with E-state index in [4.69, 9.17) is 21.6 Å². The minimum Gasteiger partial charge on any atom is -0.482 e. The second-order valence-corrected chi connectivity index (χ2v) is 4.30. The molecule has 100 valence electrons. The minimum absolute atomic E-state index is 0.151. The van der Waals surface area contributed by atoms with E-state index in [0.29, 0.717) is 22.0 Å². The summed E-state index contributed by atoms with van der Waals surface area (Å²) in [4.78, 5) is 15.5. The minimum atomic E-state index is -0.310. The van der Waals surface area contributed by atoms with Crippen molar-refractivity contribution in [3.05, 3.63) is 53.3 Å². The molecule has 0 saturated carbocycles. The molecule has 6 heteroatoms. The predicted molar refractivity (Wildman–Crippen MR) is 74.5 cm³/mol. The number of halogens is 1. The molecule has 0 bridgehead atoms. The molecule has 0 atom stereocenters. The van der Waals surface area contributed by atoms with E-state index in [1.54, 1.807) is 30.3 Å². The van der Waals surface area contributed by atoms with Crippen LogP contribution in [0.25, 0.3) is 0 Å². The zero-order valence-electron chi connectivity index (χ0n) is 10.3. The summed E-state index contributed by atoms with van der Waals surface area (Å²) in [5.74, 6) is 0.113. The first-order valence-electron chi connectivity index (χ1n) is 5.71. The van der Waals surface area contributed by atoms with E-state index in [2.05, 4.69) is 10.3 Å². The number of nitrogens with zero attached hydrogens (tertiary/aromatic N) is 2. The number of carbonyl (C=O) groups excluding carboxylic acids is 1. The number of amides is 1. The van der Waals surface area contributed by atoms with E-state index in [1.165, 1.54) is 12.4 Å². The fourth-order valence-corrected chi connectivity index (χ4v) is 1.61. The van der Waals surface area contributed by atoms with Gasteiger partial charge in [-0.15, -0.1) is 0 Å². The van der Waals surface area contributed by atoms with Gasteiger partial charge in [-0.3, -0.25) is 9.78 Å². The van der Waals surface area contributed by atoms with E-state index in [9.17, 15) is 4.79 Å². The molecule has 0 saturated heterocycles. The number of carbonyl (C=O) groups is 1. The highest BCUT2D eigenvalue weighted by Gasteiger charge is 2.04. The van der Waals surface area contributed by atoms with Gasteiger partial charge in [-0.25, -0.2) is 0 Å². The van der Waals surface area contributed by atoms with Gasteiger partial charge in [0.15, 0.2) is 6.61 Å². The zero-order chi connectivity index (χ0) is 14.4. The van der Waals surface area contributed by atoms with E-state index in [0.717, 1.165) is 0 Å². The predicted octanol–water partition coefficient (Wildman–Crippen LogP) is 2.62. The van der Waals surface area contributed by atoms with Crippen molar-refractivity contribution >= 4 is 23.2 Å². The van der Waals surface area contributed by atoms with Crippen LogP contribution >= 0.6 is 11.6 Å². The maximum absolute atomic E-state index is 11.7. The summed E-state index contributed by atoms with van der Waals surface area (Å²) in [5, 5.41) is 11.8. The van der Waals surface area contributed by atoms with Crippen molar-refractivity contribution in [3.63, 3.8) is 0 Å². The molecule has 5 nitrogen and oxygen atoms in total. The van der Waals surface area contributed by atoms with Crippen LogP contribution in [-0.2, 0) is 4.79 Å². The molecule has 1 aromatic carbocycles. The lowest BCUT2D eigenvalue weighted by molar-refractivity contribution is -0.118. The normalized spacial score (nSPS) is 9.60. The van der Waals surface area contributed by atoms with Crippen molar-refractivity contribution in [2.45, 2.75) is 0 Å². The first-order chi connectivity index (χ1) is 9.67. The van der Waals surface area contributed by atoms with Crippen LogP contribution in [0.4, 0.5) is 5.69 Å². The van der Waals surface area contributed by atoms with E-state index < -0.39 is 0 Å². The molecule has 0 aliphatic carbocycles. The van der Waals surface area contributed by atoms with E-state index in [-0.39, 0.29) is 12.5 Å². The number of pyridine rings is 1. The quantitative estimate of drug-likeness (QED) is 0.938. The molecule has 0 aliphatic rings. The van der Waals surface area contributed by atoms with Crippen molar-refractivity contribution in [1.29, 1.82) is 5.26 Å². The number of ether oxygens (including phenoxy) is 1. The lowest BCUT2D eigenvalue weighted by atomic mass is 10.2. The number of hydrogen-bond donors (Lipinski definition) is 1. The molecule has 1 amide bonds. The summed E-state index contributed by atoms with van der Waals surface area (Å²) in [6, 6.07) is 10.1. The van der Waals surface area contributed by atoms with Crippen molar-refractivity contribution in [2.24, 2.45) is 0 Å². The topological polar surface area (TPSA) is 75.0 Å². The maximum Gasteiger partial charge on any atom is 0.262 e. The van der Waals surface area contributed by atoms with Gasteiger partial charge in [0.2, 0.25) is 0 Å². The molecule has 0 unspecified atom stereocenters. The van der Waals surface area contributed by atoms with Gasteiger partial charge in [-0.1, -0.05) is 11.6 Å². The Hall–Kier alpha value is -2.58. The Morgan fingerprint density at radius 1 is 1.35 bits per heavy atom. The van der Waals surface area contributed by atoms with Gasteiger partial charge in [0.25, 0.3) is 5.91 Å². The Morgan fingerprint density at radius 3 is 2.75 bits per heavy atom. The lowest BCUT2D eigenvalue weighted by Crippen LogP contribution is -2.20. The van der Waals surface area contributed by atoms with Gasteiger partial charge < -0.3 is 10.1 Å². The molecule has 20 heavy (non-hydrogen) atoms. The van der Waals surface area contributed by atoms with Gasteiger partial charge in [0, 0.05) is 18.0 Å². The standard InChI is InChI=1S/C14H10ClN3O2/c15-11-5-13(8-17-7-11)20-9-14(19)18-12-3-1-10(6-16)2-4-12/h1-5,7-8H,9H2,(H,18,19). The van der Waals surface area contributed by atoms with Gasteiger partial charge in [-0.05, 0) is 24.3 Å². The second kappa shape index (κ2) is 6.55. The highest BCUT2D eigenvalue weighted by Crippen LogP contribution is 2.15. The molecule has 0 spiro atoms. The average Bonchev–Trinajstić information content (AvgIpc) is 2.46. The highest BCUT2D eigenvalue weighted by atomic mass is 35.5. The van der Waals surface area contributed by atoms with E-state index in [1.807, 2.05) is 6.07 Å². The largest absolute Gasteiger partial charge is 0.482 e. The first-order valence-corrected chi connectivity index (χ1v) is 6.08. The Kier molecular flexibility index (Phi) is 4.53. The smallest absolute Gasteiger partial charge is 0.262 e. The molecule has 2 aromatic rings. The third kappa shape index (κ3) is 3.97. The number of hydrogen-bond acceptors (Lipinski definition) is 4. The Morgan fingerprint density at radius 2 is 2.10 bits per heavy atom. The molecule has 0 aliphatic heterocycles. The lowest BCUT2D eigenvalue weighted by Gasteiger charge is -2.07. The van der Waals surface area contributed by atoms with Gasteiger partial charge >= 0.3 is 0 Å². The number of anilines is 1. The average molecular weight is 288 g/mol. The van der Waals surface area contributed by atoms with Crippen LogP contribution in [-0.4, -0.2) is 17.5 Å². The van der Waals surface area contributed by atoms with Crippen molar-refractivity contribution in [2.75, 3.05) is 11.9 Å². The highest BCUT2D eigenvalue weighted by molar-refractivity contribution is 6.30. The summed E-state index contributed by atoms with van der Waals surface area (Å²) in [5.41, 5.74) is 1.13. The zero-order valence-corrected chi connectivity index (χ0v) is 11.1. The first kappa shape index (κ1) is 13.8. The fourth-order valence-electron chi connectivity index (χ4n) is 1.45. The van der Waals surface area contributed by atoms with Crippen LogP contribution in [0.15, 0.2) is 42.7 Å². The number of nitriles is 1. The van der Waals surface area contributed by atoms with Gasteiger partial charge in [0.1, 0.15) is 5.75 Å². The summed E-state index contributed by atoms with van der Waals surface area (Å²) in [7, 11) is 0. The van der Waals surface area contributed by atoms with Gasteiger partial charge in [0.05, 0.1) is 22.9 Å². The molecule has 1 N–H and O–H groups in total. The summed E-state index contributed by atoms with van der Waals surface area (Å²) >= 11 is 5.75. The summed E-state index contributed by atoms with van der Waals surface area (Å²) in [6.07, 6.45) is 2.95. The molecule has 1 aromatic heterocycles. The molecular formula is C14H10ClN3O2. The summed E-state index contributed by atoms with van der Waals surface area (Å²) in [6.45, 7) is -0.151. The third-order valence-corrected chi connectivity index (χ3v) is 2.55. The molecule has 0 fully saturated rings. The second-order valence-electron chi connectivity index (χ2n) is 3.86. The fraction of sp³-hybridized carbons (Fsp3) is 0.0714. The van der Waals surface area contributed by atoms with Gasteiger partial charge in [-0.2, -0.15) is 5.26 Å². The van der Waals surface area contributed by atoms with Crippen molar-refractivity contribution in [1.82, 2.24) is 4.98 Å². The molecule has 2 rings (SSSR count). The van der Waals surface area contributed by atoms with Crippen molar-refractivity contribution < 1.29 is 9.53 Å². The van der Waals surface area contributed by atoms with Crippen molar-refractivity contribution in [3.8, 4) is 11.8 Å². The van der Waals surface area contributed by atoms with Crippen LogP contribution < -0.4 is 10.1 Å². The van der Waals surface area contributed by atoms with Crippen LogP contribution in [0.3, 0.4) is 0 Å². The maximum atomic E-state index is 11.7. The number of aromatic nitrogens is 1. The third-order valence-electron chi connectivity index (χ3n) is 2.35. The van der Waals surface area contributed by atoms with Crippen LogP contribution in [0.2, 0.25) is 5.02 Å². The number of nitrogens with one attached hydrogen (secondary N) is 1. The number of rotatable bonds is 4. The molecule has 1 heterocycles. The molecular weight excluding hydrogens is 278 g/mol. The summed E-state index contributed by atoms with van der Waals surface area (Å²) < 4.78 is 5.25. The monoisotopic (exact) mass is 287 g/mol. The Bertz CT molecular complexity index is 650. The Labute approximate surface area is 120 Å². The Balaban J connectivity index is 1.87. The SMILES string of the molecule is N#Cc1ccc(NC(=O)COc2cncc(Cl)c2)cc1. The van der Waals surface area contributed by atoms with Crippen LogP contribution in [0.5, 0.6) is 5.75 Å².